The standard InChI is InChI=1S/C20H27ClN4O3/c21-16-5-14(22)9-23-18(16)24-15-1-2-25(10-15)19(26)28-17-12-3-11-4-13(17)8-20(27,6-11)7-12/h5,9,11-13,15,17,27H,1-4,6-8,10,22H2,(H,23,24)/t11?,12?,13?,15-,17-,20-/m1/s1. The maximum atomic E-state index is 12.8. The average Bonchev–Trinajstić information content (AvgIpc) is 3.08. The van der Waals surface area contributed by atoms with Crippen molar-refractivity contribution in [2.75, 3.05) is 24.1 Å². The molecule has 0 radical (unpaired) electrons. The van der Waals surface area contributed by atoms with E-state index in [1.807, 2.05) is 0 Å². The van der Waals surface area contributed by atoms with Crippen LogP contribution in [0.3, 0.4) is 0 Å². The molecule has 152 valence electrons. The van der Waals surface area contributed by atoms with Crippen molar-refractivity contribution in [3.05, 3.63) is 17.3 Å². The molecule has 28 heavy (non-hydrogen) atoms. The van der Waals surface area contributed by atoms with Crippen LogP contribution < -0.4 is 11.1 Å². The van der Waals surface area contributed by atoms with Crippen LogP contribution in [0.1, 0.15) is 38.5 Å². The van der Waals surface area contributed by atoms with E-state index in [1.54, 1.807) is 17.2 Å². The highest BCUT2D eigenvalue weighted by molar-refractivity contribution is 6.33. The first-order valence-corrected chi connectivity index (χ1v) is 10.6. The lowest BCUT2D eigenvalue weighted by molar-refractivity contribution is -0.177. The fourth-order valence-corrected chi connectivity index (χ4v) is 6.34. The van der Waals surface area contributed by atoms with Gasteiger partial charge in [-0.25, -0.2) is 9.78 Å². The number of nitrogens with one attached hydrogen (secondary N) is 1. The van der Waals surface area contributed by atoms with E-state index in [0.29, 0.717) is 47.4 Å². The van der Waals surface area contributed by atoms with Gasteiger partial charge in [-0.3, -0.25) is 0 Å². The Labute approximate surface area is 169 Å². The van der Waals surface area contributed by atoms with Gasteiger partial charge in [-0.2, -0.15) is 0 Å². The predicted molar refractivity (Wildman–Crippen MR) is 106 cm³/mol. The van der Waals surface area contributed by atoms with Gasteiger partial charge in [0.05, 0.1) is 22.5 Å². The number of anilines is 2. The van der Waals surface area contributed by atoms with E-state index < -0.39 is 5.60 Å². The number of aromatic nitrogens is 1. The van der Waals surface area contributed by atoms with Crippen LogP contribution in [0, 0.1) is 17.8 Å². The van der Waals surface area contributed by atoms with Gasteiger partial charge in [-0.1, -0.05) is 11.6 Å². The van der Waals surface area contributed by atoms with Crippen LogP contribution >= 0.6 is 11.6 Å². The molecule has 1 aliphatic heterocycles. The first-order valence-electron chi connectivity index (χ1n) is 10.2. The topological polar surface area (TPSA) is 101 Å². The van der Waals surface area contributed by atoms with Crippen molar-refractivity contribution in [3.8, 4) is 0 Å². The summed E-state index contributed by atoms with van der Waals surface area (Å²) in [5, 5.41) is 14.5. The van der Waals surface area contributed by atoms with Gasteiger partial charge in [0, 0.05) is 19.1 Å². The van der Waals surface area contributed by atoms with E-state index in [2.05, 4.69) is 10.3 Å². The molecular weight excluding hydrogens is 380 g/mol. The number of pyridine rings is 1. The average molecular weight is 407 g/mol. The molecule has 1 aromatic heterocycles. The molecule has 0 aromatic carbocycles. The normalized spacial score (nSPS) is 38.6. The second-order valence-electron chi connectivity index (χ2n) is 9.22. The number of nitrogens with zero attached hydrogens (tertiary/aromatic N) is 2. The molecule has 2 unspecified atom stereocenters. The van der Waals surface area contributed by atoms with Crippen LogP contribution in [0.5, 0.6) is 0 Å². The second kappa shape index (κ2) is 6.66. The summed E-state index contributed by atoms with van der Waals surface area (Å²) >= 11 is 6.19. The molecule has 4 aliphatic carbocycles. The van der Waals surface area contributed by atoms with Gasteiger partial charge in [-0.05, 0) is 62.3 Å². The Balaban J connectivity index is 1.18. The van der Waals surface area contributed by atoms with Gasteiger partial charge in [0.25, 0.3) is 0 Å². The van der Waals surface area contributed by atoms with Crippen molar-refractivity contribution in [3.63, 3.8) is 0 Å². The number of hydrogen-bond donors (Lipinski definition) is 3. The van der Waals surface area contributed by atoms with Crippen molar-refractivity contribution in [1.82, 2.24) is 9.88 Å². The van der Waals surface area contributed by atoms with Crippen LogP contribution in [0.2, 0.25) is 5.02 Å². The van der Waals surface area contributed by atoms with Crippen molar-refractivity contribution in [2.24, 2.45) is 17.8 Å². The van der Waals surface area contributed by atoms with Crippen LogP contribution in [0.4, 0.5) is 16.3 Å². The minimum Gasteiger partial charge on any atom is -0.446 e. The SMILES string of the molecule is Nc1cnc(N[C@@H]2CCN(C(=O)O[C@H]3C4CC5CC3C[C@](O)(C5)C4)C2)c(Cl)c1. The van der Waals surface area contributed by atoms with Crippen molar-refractivity contribution >= 4 is 29.2 Å². The Morgan fingerprint density at radius 3 is 2.79 bits per heavy atom. The molecule has 4 N–H and O–H groups in total. The lowest BCUT2D eigenvalue weighted by atomic mass is 9.53. The molecule has 7 nitrogen and oxygen atoms in total. The highest BCUT2D eigenvalue weighted by Crippen LogP contribution is 2.56. The molecule has 2 heterocycles. The number of carbonyl (C=O) groups is 1. The predicted octanol–water partition coefficient (Wildman–Crippen LogP) is 2.88. The van der Waals surface area contributed by atoms with E-state index >= 15 is 0 Å². The third-order valence-corrected chi connectivity index (χ3v) is 7.33. The molecule has 5 aliphatic rings. The summed E-state index contributed by atoms with van der Waals surface area (Å²) in [6.45, 7) is 1.22. The van der Waals surface area contributed by atoms with E-state index in [4.69, 9.17) is 22.1 Å². The number of carbonyl (C=O) groups excluding carboxylic acids is 1. The first-order chi connectivity index (χ1) is 13.4. The fraction of sp³-hybridized carbons (Fsp3) is 0.700. The quantitative estimate of drug-likeness (QED) is 0.713. The lowest BCUT2D eigenvalue weighted by Crippen LogP contribution is -2.58. The molecule has 1 amide bonds. The highest BCUT2D eigenvalue weighted by atomic mass is 35.5. The van der Waals surface area contributed by atoms with Crippen LogP contribution in [-0.4, -0.2) is 51.9 Å². The molecule has 5 fully saturated rings. The number of nitrogen functional groups attached to an aromatic ring is 1. The monoisotopic (exact) mass is 406 g/mol. The molecule has 0 spiro atoms. The van der Waals surface area contributed by atoms with Gasteiger partial charge < -0.3 is 25.8 Å². The molecule has 1 saturated heterocycles. The Kier molecular flexibility index (Phi) is 4.36. The molecule has 6 rings (SSSR count). The Morgan fingerprint density at radius 2 is 2.11 bits per heavy atom. The number of rotatable bonds is 3. The highest BCUT2D eigenvalue weighted by Gasteiger charge is 2.56. The molecule has 4 saturated carbocycles. The first kappa shape index (κ1) is 18.3. The van der Waals surface area contributed by atoms with Crippen molar-refractivity contribution in [2.45, 2.75) is 56.3 Å². The number of hydrogen-bond acceptors (Lipinski definition) is 6. The molecule has 8 heteroatoms. The van der Waals surface area contributed by atoms with Crippen LogP contribution in [0.25, 0.3) is 0 Å². The summed E-state index contributed by atoms with van der Waals surface area (Å²) in [7, 11) is 0. The Hall–Kier alpha value is -1.73. The number of halogens is 1. The summed E-state index contributed by atoms with van der Waals surface area (Å²) in [4.78, 5) is 18.8. The van der Waals surface area contributed by atoms with Gasteiger partial charge in [0.2, 0.25) is 0 Å². The van der Waals surface area contributed by atoms with Gasteiger partial charge >= 0.3 is 6.09 Å². The zero-order valence-electron chi connectivity index (χ0n) is 15.8. The number of ether oxygens (including phenoxy) is 1. The third kappa shape index (κ3) is 3.28. The Bertz CT molecular complexity index is 775. The number of nitrogens with two attached hydrogens (primary N) is 1. The van der Waals surface area contributed by atoms with E-state index in [0.717, 1.165) is 38.5 Å². The molecule has 1 aromatic rings. The number of aliphatic hydroxyl groups is 1. The lowest BCUT2D eigenvalue weighted by Gasteiger charge is -2.57. The smallest absolute Gasteiger partial charge is 0.410 e. The minimum absolute atomic E-state index is 0.0375. The number of likely N-dealkylation sites (tertiary alicyclic amines) is 1. The zero-order valence-corrected chi connectivity index (χ0v) is 16.6. The maximum absolute atomic E-state index is 12.8. The minimum atomic E-state index is -0.507. The van der Waals surface area contributed by atoms with Crippen molar-refractivity contribution in [1.29, 1.82) is 0 Å². The van der Waals surface area contributed by atoms with E-state index in [-0.39, 0.29) is 18.2 Å². The van der Waals surface area contributed by atoms with Crippen LogP contribution in [-0.2, 0) is 4.74 Å². The maximum Gasteiger partial charge on any atom is 0.410 e. The fourth-order valence-electron chi connectivity index (χ4n) is 6.11. The molecular formula is C20H27ClN4O3. The third-order valence-electron chi connectivity index (χ3n) is 7.04. The second-order valence-corrected chi connectivity index (χ2v) is 9.62. The van der Waals surface area contributed by atoms with Gasteiger partial charge in [0.1, 0.15) is 11.9 Å². The Morgan fingerprint density at radius 1 is 1.36 bits per heavy atom. The summed E-state index contributed by atoms with van der Waals surface area (Å²) in [6.07, 6.45) is 6.78. The van der Waals surface area contributed by atoms with Crippen molar-refractivity contribution < 1.29 is 14.6 Å². The van der Waals surface area contributed by atoms with Gasteiger partial charge in [0.15, 0.2) is 0 Å². The molecule has 4 bridgehead atoms. The van der Waals surface area contributed by atoms with Crippen LogP contribution in [0.15, 0.2) is 12.3 Å². The number of amides is 1. The summed E-state index contributed by atoms with van der Waals surface area (Å²) in [5.41, 5.74) is 5.70. The largest absolute Gasteiger partial charge is 0.446 e. The van der Waals surface area contributed by atoms with Gasteiger partial charge in [-0.15, -0.1) is 0 Å². The summed E-state index contributed by atoms with van der Waals surface area (Å²) in [6, 6.07) is 1.75. The van der Waals surface area contributed by atoms with E-state index in [1.165, 1.54) is 0 Å². The summed E-state index contributed by atoms with van der Waals surface area (Å²) in [5.74, 6) is 1.82. The summed E-state index contributed by atoms with van der Waals surface area (Å²) < 4.78 is 5.98. The zero-order chi connectivity index (χ0) is 19.5. The molecule has 3 atom stereocenters. The van der Waals surface area contributed by atoms with E-state index in [9.17, 15) is 9.90 Å².